The molecule has 3 rings (SSSR count). The van der Waals surface area contributed by atoms with Crippen molar-refractivity contribution in [1.29, 1.82) is 0 Å². The third kappa shape index (κ3) is 4.80. The van der Waals surface area contributed by atoms with Gasteiger partial charge in [0.2, 0.25) is 0 Å². The van der Waals surface area contributed by atoms with Crippen LogP contribution in [0.1, 0.15) is 21.6 Å². The van der Waals surface area contributed by atoms with E-state index in [9.17, 15) is 18.0 Å². The van der Waals surface area contributed by atoms with Crippen LogP contribution in [-0.2, 0) is 19.6 Å². The molecule has 0 radical (unpaired) electrons. The van der Waals surface area contributed by atoms with Crippen molar-refractivity contribution in [2.24, 2.45) is 12.8 Å². The molecule has 1 aromatic carbocycles. The number of nitrogens with one attached hydrogen (secondary N) is 1. The molecule has 0 spiro atoms. The lowest BCUT2D eigenvalue weighted by atomic mass is 9.99. The van der Waals surface area contributed by atoms with Crippen molar-refractivity contribution < 1.29 is 18.0 Å². The van der Waals surface area contributed by atoms with Crippen LogP contribution >= 0.6 is 0 Å². The number of hydrogen-bond acceptors (Lipinski definition) is 4. The summed E-state index contributed by atoms with van der Waals surface area (Å²) in [6.45, 7) is -0.00889. The minimum atomic E-state index is -4.47. The first-order chi connectivity index (χ1) is 13.8. The van der Waals surface area contributed by atoms with Gasteiger partial charge in [0.25, 0.3) is 5.91 Å². The summed E-state index contributed by atoms with van der Waals surface area (Å²) in [6.07, 6.45) is -1.31. The van der Waals surface area contributed by atoms with E-state index in [1.807, 2.05) is 6.07 Å². The first-order valence-electron chi connectivity index (χ1n) is 8.90. The van der Waals surface area contributed by atoms with Gasteiger partial charge in [0.15, 0.2) is 0 Å². The number of aryl methyl sites for hydroxylation is 1. The van der Waals surface area contributed by atoms with Crippen molar-refractivity contribution in [3.8, 4) is 11.3 Å². The first-order valence-corrected chi connectivity index (χ1v) is 8.90. The van der Waals surface area contributed by atoms with Crippen molar-refractivity contribution in [3.05, 3.63) is 71.7 Å². The van der Waals surface area contributed by atoms with Crippen molar-refractivity contribution in [1.82, 2.24) is 20.1 Å². The second-order valence-corrected chi connectivity index (χ2v) is 6.54. The van der Waals surface area contributed by atoms with E-state index in [4.69, 9.17) is 5.73 Å². The molecule has 0 aliphatic heterocycles. The zero-order valence-corrected chi connectivity index (χ0v) is 15.6. The third-order valence-corrected chi connectivity index (χ3v) is 4.52. The first kappa shape index (κ1) is 20.5. The molecule has 2 aromatic heterocycles. The number of carbonyl (C=O) groups excluding carboxylic acids is 1. The van der Waals surface area contributed by atoms with E-state index in [0.717, 1.165) is 17.3 Å². The van der Waals surface area contributed by atoms with Gasteiger partial charge in [-0.25, -0.2) is 0 Å². The van der Waals surface area contributed by atoms with Crippen molar-refractivity contribution in [3.63, 3.8) is 0 Å². The number of hydrogen-bond donors (Lipinski definition) is 2. The molecule has 9 heteroatoms. The quantitative estimate of drug-likeness (QED) is 0.663. The number of benzene rings is 1. The summed E-state index contributed by atoms with van der Waals surface area (Å²) < 4.78 is 41.2. The maximum atomic E-state index is 13.2. The van der Waals surface area contributed by atoms with Crippen LogP contribution in [0.3, 0.4) is 0 Å². The van der Waals surface area contributed by atoms with Crippen LogP contribution in [0.25, 0.3) is 11.3 Å². The average molecular weight is 403 g/mol. The minimum Gasteiger partial charge on any atom is -0.346 e. The molecule has 0 saturated heterocycles. The van der Waals surface area contributed by atoms with Gasteiger partial charge in [-0.3, -0.25) is 14.5 Å². The van der Waals surface area contributed by atoms with Gasteiger partial charge in [-0.2, -0.15) is 18.3 Å². The van der Waals surface area contributed by atoms with Crippen molar-refractivity contribution in [2.75, 3.05) is 6.54 Å². The molecule has 0 bridgehead atoms. The van der Waals surface area contributed by atoms with Crippen LogP contribution in [0.5, 0.6) is 0 Å². The lowest BCUT2D eigenvalue weighted by molar-refractivity contribution is -0.138. The molecule has 6 nitrogen and oxygen atoms in total. The SMILES string of the molecule is Cn1nccc1-c1ccc(C(=O)N[C@H](CN)Cc2ccccc2C(F)(F)F)nc1. The molecule has 0 aliphatic rings. The van der Waals surface area contributed by atoms with Gasteiger partial charge in [-0.05, 0) is 36.2 Å². The molecule has 1 amide bonds. The van der Waals surface area contributed by atoms with E-state index < -0.39 is 23.7 Å². The van der Waals surface area contributed by atoms with E-state index in [2.05, 4.69) is 15.4 Å². The summed E-state index contributed by atoms with van der Waals surface area (Å²) in [5, 5.41) is 6.75. The Labute approximate surface area is 165 Å². The zero-order valence-electron chi connectivity index (χ0n) is 15.6. The monoisotopic (exact) mass is 403 g/mol. The topological polar surface area (TPSA) is 85.8 Å². The van der Waals surface area contributed by atoms with Crippen molar-refractivity contribution >= 4 is 5.91 Å². The molecular formula is C20H20F3N5O. The second-order valence-electron chi connectivity index (χ2n) is 6.54. The predicted octanol–water partition coefficient (Wildman–Crippen LogP) is 2.80. The third-order valence-electron chi connectivity index (χ3n) is 4.52. The average Bonchev–Trinajstić information content (AvgIpc) is 3.13. The van der Waals surface area contributed by atoms with Gasteiger partial charge in [0.1, 0.15) is 5.69 Å². The Hall–Kier alpha value is -3.20. The number of alkyl halides is 3. The number of rotatable bonds is 6. The van der Waals surface area contributed by atoms with E-state index >= 15 is 0 Å². The molecule has 152 valence electrons. The Bertz CT molecular complexity index is 982. The molecule has 3 N–H and O–H groups in total. The summed E-state index contributed by atoms with van der Waals surface area (Å²) in [5.74, 6) is -0.499. The molecular weight excluding hydrogens is 383 g/mol. The van der Waals surface area contributed by atoms with Gasteiger partial charge in [0.05, 0.1) is 11.3 Å². The standard InChI is InChI=1S/C20H20F3N5O/c1-28-18(8-9-26-28)14-6-7-17(25-12-14)19(29)27-15(11-24)10-13-4-2-3-5-16(13)20(21,22)23/h2-9,12,15H,10-11,24H2,1H3,(H,27,29)/t15-/m0/s1. The largest absolute Gasteiger partial charge is 0.416 e. The Kier molecular flexibility index (Phi) is 5.97. The summed E-state index contributed by atoms with van der Waals surface area (Å²) >= 11 is 0. The number of nitrogens with two attached hydrogens (primary N) is 1. The van der Waals surface area contributed by atoms with Crippen LogP contribution < -0.4 is 11.1 Å². The maximum absolute atomic E-state index is 13.2. The number of amides is 1. The molecule has 0 saturated carbocycles. The number of nitrogens with zero attached hydrogens (tertiary/aromatic N) is 3. The van der Waals surface area contributed by atoms with Crippen LogP contribution in [0.4, 0.5) is 13.2 Å². The van der Waals surface area contributed by atoms with Crippen LogP contribution in [0.2, 0.25) is 0 Å². The van der Waals surface area contributed by atoms with E-state index in [1.165, 1.54) is 18.2 Å². The highest BCUT2D eigenvalue weighted by Gasteiger charge is 2.33. The molecule has 2 heterocycles. The van der Waals surface area contributed by atoms with Crippen LogP contribution in [0, 0.1) is 0 Å². The summed E-state index contributed by atoms with van der Waals surface area (Å²) in [7, 11) is 1.79. The Balaban J connectivity index is 1.72. The fourth-order valence-corrected chi connectivity index (χ4v) is 3.03. The minimum absolute atomic E-state index is 0.00889. The van der Waals surface area contributed by atoms with E-state index in [1.54, 1.807) is 36.3 Å². The molecule has 29 heavy (non-hydrogen) atoms. The second kappa shape index (κ2) is 8.44. The van der Waals surface area contributed by atoms with Crippen LogP contribution in [-0.4, -0.2) is 33.3 Å². The highest BCUT2D eigenvalue weighted by atomic mass is 19.4. The number of aromatic nitrogens is 3. The van der Waals surface area contributed by atoms with Crippen LogP contribution in [0.15, 0.2) is 54.9 Å². The summed E-state index contributed by atoms with van der Waals surface area (Å²) in [5.41, 5.74) is 6.81. The normalized spacial score (nSPS) is 12.6. The zero-order chi connectivity index (χ0) is 21.0. The predicted molar refractivity (Wildman–Crippen MR) is 102 cm³/mol. The molecule has 0 fully saturated rings. The molecule has 0 unspecified atom stereocenters. The van der Waals surface area contributed by atoms with Gasteiger partial charge >= 0.3 is 6.18 Å². The lowest BCUT2D eigenvalue weighted by Crippen LogP contribution is -2.42. The number of halogens is 3. The number of carbonyl (C=O) groups is 1. The lowest BCUT2D eigenvalue weighted by Gasteiger charge is -2.19. The Morgan fingerprint density at radius 2 is 1.97 bits per heavy atom. The highest BCUT2D eigenvalue weighted by Crippen LogP contribution is 2.32. The maximum Gasteiger partial charge on any atom is 0.416 e. The van der Waals surface area contributed by atoms with E-state index in [0.29, 0.717) is 0 Å². The fraction of sp³-hybridized carbons (Fsp3) is 0.250. The number of pyridine rings is 1. The van der Waals surface area contributed by atoms with Gasteiger partial charge in [-0.1, -0.05) is 18.2 Å². The Morgan fingerprint density at radius 1 is 1.21 bits per heavy atom. The van der Waals surface area contributed by atoms with E-state index in [-0.39, 0.29) is 24.2 Å². The molecule has 0 aliphatic carbocycles. The summed E-state index contributed by atoms with van der Waals surface area (Å²) in [6, 6.07) is 9.70. The fourth-order valence-electron chi connectivity index (χ4n) is 3.03. The van der Waals surface area contributed by atoms with Gasteiger partial charge in [-0.15, -0.1) is 0 Å². The van der Waals surface area contributed by atoms with Crippen molar-refractivity contribution in [2.45, 2.75) is 18.6 Å². The smallest absolute Gasteiger partial charge is 0.346 e. The Morgan fingerprint density at radius 3 is 2.55 bits per heavy atom. The highest BCUT2D eigenvalue weighted by molar-refractivity contribution is 5.92. The van der Waals surface area contributed by atoms with Gasteiger partial charge in [0, 0.05) is 37.6 Å². The van der Waals surface area contributed by atoms with Gasteiger partial charge < -0.3 is 11.1 Å². The summed E-state index contributed by atoms with van der Waals surface area (Å²) in [4.78, 5) is 16.6. The molecule has 1 atom stereocenters. The molecule has 3 aromatic rings.